The number of nitrogens with zero attached hydrogens (tertiary/aromatic N) is 1. The third kappa shape index (κ3) is 5.83. The Morgan fingerprint density at radius 3 is 2.39 bits per heavy atom. The normalized spacial score (nSPS) is 11.0. The number of hydrogen-bond donors (Lipinski definition) is 1. The number of amides is 1. The summed E-state index contributed by atoms with van der Waals surface area (Å²) in [5.74, 6) is 1.25. The van der Waals surface area contributed by atoms with Gasteiger partial charge in [-0.2, -0.15) is 5.10 Å². The molecule has 0 unspecified atom stereocenters. The summed E-state index contributed by atoms with van der Waals surface area (Å²) in [6, 6.07) is 25.4. The van der Waals surface area contributed by atoms with Crippen LogP contribution in [-0.4, -0.2) is 19.2 Å². The van der Waals surface area contributed by atoms with E-state index in [1.54, 1.807) is 37.6 Å². The van der Waals surface area contributed by atoms with E-state index in [2.05, 4.69) is 86.0 Å². The summed E-state index contributed by atoms with van der Waals surface area (Å²) in [4.78, 5) is 12.2. The Balaban J connectivity index is 1.42. The van der Waals surface area contributed by atoms with Crippen LogP contribution in [0.4, 0.5) is 0 Å². The Kier molecular flexibility index (Phi) is 7.81. The van der Waals surface area contributed by atoms with Crippen LogP contribution in [0, 0.1) is 7.14 Å². The van der Waals surface area contributed by atoms with Crippen molar-refractivity contribution in [2.75, 3.05) is 7.11 Å². The van der Waals surface area contributed by atoms with E-state index >= 15 is 0 Å². The minimum atomic E-state index is -0.284. The van der Waals surface area contributed by atoms with E-state index in [1.807, 2.05) is 24.3 Å². The first kappa shape index (κ1) is 23.5. The number of halogens is 2. The fourth-order valence-electron chi connectivity index (χ4n) is 3.33. The number of fused-ring (bicyclic) bond motifs is 1. The molecule has 0 radical (unpaired) electrons. The number of rotatable bonds is 7. The predicted octanol–water partition coefficient (Wildman–Crippen LogP) is 6.40. The van der Waals surface area contributed by atoms with Crippen LogP contribution in [-0.2, 0) is 6.61 Å². The number of methoxy groups -OCH3 is 1. The van der Waals surface area contributed by atoms with Crippen molar-refractivity contribution >= 4 is 68.1 Å². The van der Waals surface area contributed by atoms with Crippen LogP contribution in [0.15, 0.2) is 84.0 Å². The zero-order valence-electron chi connectivity index (χ0n) is 17.7. The predicted molar refractivity (Wildman–Crippen MR) is 148 cm³/mol. The molecule has 0 fully saturated rings. The maximum absolute atomic E-state index is 12.2. The van der Waals surface area contributed by atoms with Crippen LogP contribution in [0.25, 0.3) is 10.8 Å². The summed E-state index contributed by atoms with van der Waals surface area (Å²) in [6.07, 6.45) is 1.63. The lowest BCUT2D eigenvalue weighted by molar-refractivity contribution is 0.0955. The van der Waals surface area contributed by atoms with Gasteiger partial charge in [0, 0.05) is 5.56 Å². The minimum absolute atomic E-state index is 0.284. The maximum Gasteiger partial charge on any atom is 0.271 e. The topological polar surface area (TPSA) is 59.9 Å². The van der Waals surface area contributed by atoms with Gasteiger partial charge in [-0.05, 0) is 103 Å². The third-order valence-corrected chi connectivity index (χ3v) is 6.61. The lowest BCUT2D eigenvalue weighted by Crippen LogP contribution is -2.17. The first-order chi connectivity index (χ1) is 16.0. The van der Waals surface area contributed by atoms with Crippen LogP contribution < -0.4 is 14.9 Å². The Morgan fingerprint density at radius 2 is 1.67 bits per heavy atom. The van der Waals surface area contributed by atoms with Crippen LogP contribution in [0.1, 0.15) is 21.5 Å². The molecular formula is C26H20I2N2O3. The summed E-state index contributed by atoms with van der Waals surface area (Å²) < 4.78 is 13.3. The summed E-state index contributed by atoms with van der Waals surface area (Å²) >= 11 is 4.53. The van der Waals surface area contributed by atoms with Gasteiger partial charge in [0.1, 0.15) is 18.1 Å². The zero-order chi connectivity index (χ0) is 23.2. The number of ether oxygens (including phenoxy) is 2. The molecule has 166 valence electrons. The van der Waals surface area contributed by atoms with E-state index in [9.17, 15) is 4.79 Å². The highest BCUT2D eigenvalue weighted by atomic mass is 127. The highest BCUT2D eigenvalue weighted by Crippen LogP contribution is 2.30. The van der Waals surface area contributed by atoms with Crippen LogP contribution in [0.2, 0.25) is 0 Å². The molecule has 0 heterocycles. The quantitative estimate of drug-likeness (QED) is 0.142. The van der Waals surface area contributed by atoms with E-state index in [0.717, 1.165) is 24.0 Å². The molecule has 0 spiro atoms. The first-order valence-electron chi connectivity index (χ1n) is 10.1. The average molecular weight is 662 g/mol. The SMILES string of the molecule is COc1ccc(C(=O)N/N=C\c2cc(I)c(OCc3cccc4ccccc34)c(I)c2)cc1. The molecule has 0 bridgehead atoms. The van der Waals surface area contributed by atoms with Crippen molar-refractivity contribution in [1.82, 2.24) is 5.43 Å². The summed E-state index contributed by atoms with van der Waals surface area (Å²) in [5.41, 5.74) is 5.08. The van der Waals surface area contributed by atoms with Gasteiger partial charge < -0.3 is 9.47 Å². The van der Waals surface area contributed by atoms with E-state index in [1.165, 1.54) is 10.8 Å². The molecule has 0 saturated carbocycles. The van der Waals surface area contributed by atoms with E-state index in [4.69, 9.17) is 9.47 Å². The number of hydrazone groups is 1. The second-order valence-electron chi connectivity index (χ2n) is 7.17. The lowest BCUT2D eigenvalue weighted by Gasteiger charge is -2.13. The van der Waals surface area contributed by atoms with Gasteiger partial charge in [-0.25, -0.2) is 5.43 Å². The number of nitrogens with one attached hydrogen (secondary N) is 1. The first-order valence-corrected chi connectivity index (χ1v) is 12.3. The van der Waals surface area contributed by atoms with Crippen molar-refractivity contribution in [3.8, 4) is 11.5 Å². The lowest BCUT2D eigenvalue weighted by atomic mass is 10.1. The molecule has 4 rings (SSSR count). The molecule has 1 amide bonds. The largest absolute Gasteiger partial charge is 0.497 e. The Bertz CT molecular complexity index is 1290. The van der Waals surface area contributed by atoms with E-state index in [0.29, 0.717) is 17.9 Å². The smallest absolute Gasteiger partial charge is 0.271 e. The number of benzene rings is 4. The maximum atomic E-state index is 12.2. The molecule has 4 aromatic carbocycles. The summed E-state index contributed by atoms with van der Waals surface area (Å²) in [6.45, 7) is 0.485. The number of carbonyl (C=O) groups is 1. The van der Waals surface area contributed by atoms with Gasteiger partial charge >= 0.3 is 0 Å². The number of hydrogen-bond acceptors (Lipinski definition) is 4. The average Bonchev–Trinajstić information content (AvgIpc) is 2.83. The molecule has 5 nitrogen and oxygen atoms in total. The highest BCUT2D eigenvalue weighted by molar-refractivity contribution is 14.1. The molecule has 0 aromatic heterocycles. The van der Waals surface area contributed by atoms with E-state index < -0.39 is 0 Å². The molecule has 0 atom stereocenters. The fraction of sp³-hybridized carbons (Fsp3) is 0.0769. The van der Waals surface area contributed by atoms with Crippen molar-refractivity contribution in [2.45, 2.75) is 6.61 Å². The van der Waals surface area contributed by atoms with Gasteiger partial charge in [0.15, 0.2) is 0 Å². The van der Waals surface area contributed by atoms with Crippen molar-refractivity contribution in [2.24, 2.45) is 5.10 Å². The second-order valence-corrected chi connectivity index (χ2v) is 9.49. The molecule has 0 saturated heterocycles. The number of carbonyl (C=O) groups excluding carboxylic acids is 1. The molecule has 7 heteroatoms. The Morgan fingerprint density at radius 1 is 0.970 bits per heavy atom. The highest BCUT2D eigenvalue weighted by Gasteiger charge is 2.10. The van der Waals surface area contributed by atoms with Crippen LogP contribution in [0.3, 0.4) is 0 Å². The third-order valence-electron chi connectivity index (χ3n) is 5.00. The van der Waals surface area contributed by atoms with E-state index in [-0.39, 0.29) is 5.91 Å². The minimum Gasteiger partial charge on any atom is -0.497 e. The summed E-state index contributed by atoms with van der Waals surface area (Å²) in [7, 11) is 1.59. The van der Waals surface area contributed by atoms with Gasteiger partial charge in [0.25, 0.3) is 5.91 Å². The molecule has 1 N–H and O–H groups in total. The van der Waals surface area contributed by atoms with Crippen LogP contribution in [0.5, 0.6) is 11.5 Å². The van der Waals surface area contributed by atoms with Crippen LogP contribution >= 0.6 is 45.2 Å². The van der Waals surface area contributed by atoms with Gasteiger partial charge in [0.2, 0.25) is 0 Å². The fourth-order valence-corrected chi connectivity index (χ4v) is 5.46. The zero-order valence-corrected chi connectivity index (χ0v) is 22.0. The van der Waals surface area contributed by atoms with Gasteiger partial charge in [-0.15, -0.1) is 0 Å². The monoisotopic (exact) mass is 662 g/mol. The van der Waals surface area contributed by atoms with Gasteiger partial charge in [-0.1, -0.05) is 42.5 Å². The Labute approximate surface area is 219 Å². The standard InChI is InChI=1S/C26H20I2N2O3/c1-32-21-11-9-19(10-12-21)26(31)30-29-15-17-13-23(27)25(24(28)14-17)33-16-20-7-4-6-18-5-2-3-8-22(18)20/h2-15H,16H2,1H3,(H,30,31)/b29-15-. The molecule has 0 aliphatic carbocycles. The van der Waals surface area contributed by atoms with Crippen molar-refractivity contribution in [1.29, 1.82) is 0 Å². The molecule has 4 aromatic rings. The van der Waals surface area contributed by atoms with Crippen molar-refractivity contribution in [3.63, 3.8) is 0 Å². The summed E-state index contributed by atoms with van der Waals surface area (Å²) in [5, 5.41) is 6.49. The van der Waals surface area contributed by atoms with Gasteiger partial charge in [0.05, 0.1) is 20.5 Å². The Hall–Kier alpha value is -2.66. The van der Waals surface area contributed by atoms with Crippen molar-refractivity contribution < 1.29 is 14.3 Å². The molecule has 0 aliphatic rings. The molecule has 0 aliphatic heterocycles. The van der Waals surface area contributed by atoms with Crippen molar-refractivity contribution in [3.05, 3.63) is 103 Å². The molecular weight excluding hydrogens is 642 g/mol. The second kappa shape index (κ2) is 11.0. The van der Waals surface area contributed by atoms with Gasteiger partial charge in [-0.3, -0.25) is 4.79 Å². The molecule has 33 heavy (non-hydrogen) atoms.